The number of aryl methyl sites for hydroxylation is 1. The van der Waals surface area contributed by atoms with E-state index in [1.165, 1.54) is 24.3 Å². The third-order valence-corrected chi connectivity index (χ3v) is 5.59. The molecule has 0 fully saturated rings. The molecule has 2 aromatic rings. The number of carbonyl (C=O) groups is 1. The summed E-state index contributed by atoms with van der Waals surface area (Å²) in [6, 6.07) is 10.4. The molecule has 0 spiro atoms. The number of halogens is 1. The summed E-state index contributed by atoms with van der Waals surface area (Å²) in [5, 5.41) is 13.4. The first-order valence-corrected chi connectivity index (χ1v) is 9.77. The van der Waals surface area contributed by atoms with E-state index in [0.29, 0.717) is 0 Å². The Kier molecular flexibility index (Phi) is 6.46. The van der Waals surface area contributed by atoms with Gasteiger partial charge in [0.2, 0.25) is 10.0 Å². The van der Waals surface area contributed by atoms with Crippen LogP contribution in [0.4, 0.5) is 5.69 Å². The Hall–Kier alpha value is -2.30. The van der Waals surface area contributed by atoms with E-state index in [9.17, 15) is 23.3 Å². The van der Waals surface area contributed by atoms with Crippen molar-refractivity contribution < 1.29 is 18.1 Å². The number of carbonyl (C=O) groups excluding carboxylic acids is 1. The van der Waals surface area contributed by atoms with Crippen LogP contribution in [0.5, 0.6) is 0 Å². The van der Waals surface area contributed by atoms with Gasteiger partial charge in [-0.3, -0.25) is 14.9 Å². The summed E-state index contributed by atoms with van der Waals surface area (Å²) >= 11 is 3.04. The van der Waals surface area contributed by atoms with Gasteiger partial charge in [-0.15, -0.1) is 0 Å². The number of nitro groups is 1. The number of sulfonamides is 1. The Balaban J connectivity index is 1.91. The van der Waals surface area contributed by atoms with E-state index in [1.807, 2.05) is 6.92 Å². The van der Waals surface area contributed by atoms with Crippen molar-refractivity contribution in [1.82, 2.24) is 10.0 Å². The molecule has 2 aromatic carbocycles. The summed E-state index contributed by atoms with van der Waals surface area (Å²) in [7, 11) is -3.66. The molecular weight excluding hydrogens is 426 g/mol. The van der Waals surface area contributed by atoms with Crippen LogP contribution in [-0.2, 0) is 10.0 Å². The highest BCUT2D eigenvalue weighted by Gasteiger charge is 2.16. The van der Waals surface area contributed by atoms with Crippen molar-refractivity contribution in [2.45, 2.75) is 11.8 Å². The minimum Gasteiger partial charge on any atom is -0.351 e. The molecule has 0 aliphatic heterocycles. The van der Waals surface area contributed by atoms with E-state index in [0.717, 1.165) is 11.6 Å². The Bertz CT molecular complexity index is 929. The van der Waals surface area contributed by atoms with E-state index in [2.05, 4.69) is 26.0 Å². The van der Waals surface area contributed by atoms with Gasteiger partial charge in [-0.05, 0) is 47.1 Å². The van der Waals surface area contributed by atoms with Gasteiger partial charge in [0.15, 0.2) is 0 Å². The van der Waals surface area contributed by atoms with Crippen molar-refractivity contribution in [2.75, 3.05) is 13.1 Å². The first-order valence-electron chi connectivity index (χ1n) is 7.49. The van der Waals surface area contributed by atoms with Crippen LogP contribution in [0.1, 0.15) is 15.9 Å². The highest BCUT2D eigenvalue weighted by atomic mass is 79.9. The van der Waals surface area contributed by atoms with E-state index < -0.39 is 20.9 Å². The summed E-state index contributed by atoms with van der Waals surface area (Å²) in [5.41, 5.74) is 0.832. The van der Waals surface area contributed by atoms with Gasteiger partial charge in [0, 0.05) is 24.7 Å². The SMILES string of the molecule is Cc1ccc(S(=O)(=O)NCCNC(=O)c2ccc(Br)c([N+](=O)[O-])c2)cc1. The summed E-state index contributed by atoms with van der Waals surface area (Å²) in [6.07, 6.45) is 0. The fourth-order valence-corrected chi connectivity index (χ4v) is 3.48. The van der Waals surface area contributed by atoms with Crippen molar-refractivity contribution in [1.29, 1.82) is 0 Å². The molecule has 0 aliphatic carbocycles. The molecule has 2 N–H and O–H groups in total. The number of nitro benzene ring substituents is 1. The molecule has 0 heterocycles. The van der Waals surface area contributed by atoms with Crippen molar-refractivity contribution in [3.8, 4) is 0 Å². The molecule has 0 bridgehead atoms. The third-order valence-electron chi connectivity index (χ3n) is 3.44. The van der Waals surface area contributed by atoms with Crippen LogP contribution in [-0.4, -0.2) is 32.3 Å². The maximum Gasteiger partial charge on any atom is 0.284 e. The molecule has 0 unspecified atom stereocenters. The number of hydrogen-bond donors (Lipinski definition) is 2. The first kappa shape index (κ1) is 20.0. The van der Waals surface area contributed by atoms with Crippen molar-refractivity contribution in [3.05, 3.63) is 68.2 Å². The second-order valence-corrected chi connectivity index (χ2v) is 8.01. The average molecular weight is 442 g/mol. The van der Waals surface area contributed by atoms with E-state index >= 15 is 0 Å². The van der Waals surface area contributed by atoms with Gasteiger partial charge in [-0.25, -0.2) is 13.1 Å². The molecule has 10 heteroatoms. The van der Waals surface area contributed by atoms with Gasteiger partial charge in [0.05, 0.1) is 14.3 Å². The summed E-state index contributed by atoms with van der Waals surface area (Å²) < 4.78 is 26.9. The zero-order valence-corrected chi connectivity index (χ0v) is 16.1. The van der Waals surface area contributed by atoms with Crippen LogP contribution in [0.15, 0.2) is 51.8 Å². The second kappa shape index (κ2) is 8.39. The van der Waals surface area contributed by atoms with Gasteiger partial charge in [-0.1, -0.05) is 17.7 Å². The normalized spacial score (nSPS) is 11.2. The molecule has 0 atom stereocenters. The molecule has 8 nitrogen and oxygen atoms in total. The van der Waals surface area contributed by atoms with Gasteiger partial charge in [0.25, 0.3) is 11.6 Å². The fraction of sp³-hybridized carbons (Fsp3) is 0.188. The molecule has 0 saturated carbocycles. The van der Waals surface area contributed by atoms with Crippen LogP contribution in [0, 0.1) is 17.0 Å². The molecular formula is C16H16BrN3O5S. The molecule has 1 amide bonds. The zero-order valence-electron chi connectivity index (χ0n) is 13.7. The number of nitrogens with one attached hydrogen (secondary N) is 2. The van der Waals surface area contributed by atoms with Crippen LogP contribution in [0.3, 0.4) is 0 Å². The molecule has 0 saturated heterocycles. The van der Waals surface area contributed by atoms with Crippen molar-refractivity contribution in [3.63, 3.8) is 0 Å². The number of amides is 1. The van der Waals surface area contributed by atoms with Gasteiger partial charge >= 0.3 is 0 Å². The number of benzene rings is 2. The molecule has 0 aliphatic rings. The highest BCUT2D eigenvalue weighted by molar-refractivity contribution is 9.10. The monoisotopic (exact) mass is 441 g/mol. The number of rotatable bonds is 7. The van der Waals surface area contributed by atoms with Gasteiger partial charge in [0.1, 0.15) is 0 Å². The van der Waals surface area contributed by atoms with Crippen LogP contribution < -0.4 is 10.0 Å². The minimum atomic E-state index is -3.66. The Morgan fingerprint density at radius 3 is 2.42 bits per heavy atom. The lowest BCUT2D eigenvalue weighted by molar-refractivity contribution is -0.385. The van der Waals surface area contributed by atoms with Crippen LogP contribution >= 0.6 is 15.9 Å². The molecule has 0 radical (unpaired) electrons. The second-order valence-electron chi connectivity index (χ2n) is 5.39. The highest BCUT2D eigenvalue weighted by Crippen LogP contribution is 2.25. The van der Waals surface area contributed by atoms with Gasteiger partial charge in [-0.2, -0.15) is 0 Å². The topological polar surface area (TPSA) is 118 Å². The van der Waals surface area contributed by atoms with Crippen molar-refractivity contribution >= 4 is 37.5 Å². The Morgan fingerprint density at radius 1 is 1.15 bits per heavy atom. The lowest BCUT2D eigenvalue weighted by Crippen LogP contribution is -2.34. The number of hydrogen-bond acceptors (Lipinski definition) is 5. The fourth-order valence-electron chi connectivity index (χ4n) is 2.06. The molecule has 26 heavy (non-hydrogen) atoms. The maximum absolute atomic E-state index is 12.1. The first-order chi connectivity index (χ1) is 12.2. The third kappa shape index (κ3) is 5.10. The quantitative estimate of drug-likeness (QED) is 0.388. The lowest BCUT2D eigenvalue weighted by Gasteiger charge is -2.08. The summed E-state index contributed by atoms with van der Waals surface area (Å²) in [4.78, 5) is 22.5. The maximum atomic E-state index is 12.1. The molecule has 2 rings (SSSR count). The molecule has 0 aromatic heterocycles. The summed E-state index contributed by atoms with van der Waals surface area (Å²) in [6.45, 7) is 1.88. The standard InChI is InChI=1S/C16H16BrN3O5S/c1-11-2-5-13(6-3-11)26(24,25)19-9-8-18-16(21)12-4-7-14(17)15(10-12)20(22)23/h2-7,10,19H,8-9H2,1H3,(H,18,21). The smallest absolute Gasteiger partial charge is 0.284 e. The van der Waals surface area contributed by atoms with Crippen LogP contribution in [0.2, 0.25) is 0 Å². The number of nitrogens with zero attached hydrogens (tertiary/aromatic N) is 1. The Morgan fingerprint density at radius 2 is 1.81 bits per heavy atom. The predicted octanol–water partition coefficient (Wildman–Crippen LogP) is 2.37. The molecule has 138 valence electrons. The van der Waals surface area contributed by atoms with Crippen molar-refractivity contribution in [2.24, 2.45) is 0 Å². The van der Waals surface area contributed by atoms with E-state index in [1.54, 1.807) is 12.1 Å². The largest absolute Gasteiger partial charge is 0.351 e. The summed E-state index contributed by atoms with van der Waals surface area (Å²) in [5.74, 6) is -0.532. The van der Waals surface area contributed by atoms with Gasteiger partial charge < -0.3 is 5.32 Å². The Labute approximate surface area is 158 Å². The van der Waals surface area contributed by atoms with Crippen LogP contribution in [0.25, 0.3) is 0 Å². The predicted molar refractivity (Wildman–Crippen MR) is 99.5 cm³/mol. The zero-order chi connectivity index (χ0) is 19.3. The van der Waals surface area contributed by atoms with E-state index in [-0.39, 0.29) is 33.7 Å². The average Bonchev–Trinajstić information content (AvgIpc) is 2.59. The van der Waals surface area contributed by atoms with E-state index in [4.69, 9.17) is 0 Å². The minimum absolute atomic E-state index is 0.0133. The lowest BCUT2D eigenvalue weighted by atomic mass is 10.2.